The monoisotopic (exact) mass is 213 g/mol. The Kier molecular flexibility index (Phi) is 4.79. The van der Waals surface area contributed by atoms with Gasteiger partial charge in [-0.15, -0.1) is 0 Å². The number of anilines is 1. The highest BCUT2D eigenvalue weighted by atomic mass is 16.7. The topological polar surface area (TPSA) is 65.5 Å². The van der Waals surface area contributed by atoms with Crippen LogP contribution in [-0.4, -0.2) is 44.1 Å². The Labute approximate surface area is 88.6 Å². The van der Waals surface area contributed by atoms with Gasteiger partial charge in [-0.2, -0.15) is 4.98 Å². The van der Waals surface area contributed by atoms with Gasteiger partial charge in [-0.05, 0) is 0 Å². The first-order valence-electron chi connectivity index (χ1n) is 4.46. The van der Waals surface area contributed by atoms with Crippen LogP contribution in [0.3, 0.4) is 0 Å². The van der Waals surface area contributed by atoms with Crippen molar-refractivity contribution in [2.75, 3.05) is 33.2 Å². The van der Waals surface area contributed by atoms with Crippen molar-refractivity contribution in [3.63, 3.8) is 0 Å². The molecule has 6 nitrogen and oxygen atoms in total. The van der Waals surface area contributed by atoms with Crippen molar-refractivity contribution in [2.24, 2.45) is 0 Å². The molecule has 0 atom stereocenters. The lowest BCUT2D eigenvalue weighted by molar-refractivity contribution is -0.0914. The van der Waals surface area contributed by atoms with Crippen molar-refractivity contribution in [2.45, 2.75) is 6.29 Å². The van der Waals surface area contributed by atoms with E-state index in [0.717, 1.165) is 0 Å². The second kappa shape index (κ2) is 6.15. The molecule has 1 aromatic heterocycles. The molecule has 1 N–H and O–H groups in total. The van der Waals surface area contributed by atoms with Crippen molar-refractivity contribution < 1.29 is 14.2 Å². The van der Waals surface area contributed by atoms with E-state index in [-0.39, 0.29) is 6.29 Å². The number of ether oxygens (including phenoxy) is 3. The number of hydrogen-bond acceptors (Lipinski definition) is 6. The van der Waals surface area contributed by atoms with E-state index in [1.54, 1.807) is 33.6 Å². The minimum atomic E-state index is -0.320. The van der Waals surface area contributed by atoms with E-state index in [2.05, 4.69) is 15.3 Å². The van der Waals surface area contributed by atoms with Crippen LogP contribution in [0.5, 0.6) is 5.88 Å². The van der Waals surface area contributed by atoms with Crippen molar-refractivity contribution in [1.82, 2.24) is 9.97 Å². The van der Waals surface area contributed by atoms with Gasteiger partial charge in [-0.3, -0.25) is 0 Å². The molecule has 0 aliphatic heterocycles. The molecule has 15 heavy (non-hydrogen) atoms. The molecule has 0 aromatic carbocycles. The molecular formula is C9H15N3O3. The van der Waals surface area contributed by atoms with Crippen LogP contribution in [-0.2, 0) is 9.47 Å². The van der Waals surface area contributed by atoms with E-state index in [9.17, 15) is 0 Å². The van der Waals surface area contributed by atoms with Gasteiger partial charge < -0.3 is 19.5 Å². The standard InChI is InChI=1S/C9H15N3O3/c1-13-7-4-5-10-9(12-7)11-6-8(14-2)15-3/h4-5,8H,6H2,1-3H3,(H,10,11,12). The van der Waals surface area contributed by atoms with Gasteiger partial charge in [-0.25, -0.2) is 4.98 Å². The number of nitrogens with one attached hydrogen (secondary N) is 1. The van der Waals surface area contributed by atoms with E-state index in [1.807, 2.05) is 0 Å². The predicted octanol–water partition coefficient (Wildman–Crippen LogP) is 0.516. The molecule has 1 heterocycles. The van der Waals surface area contributed by atoms with E-state index in [1.165, 1.54) is 0 Å². The Bertz CT molecular complexity index is 292. The van der Waals surface area contributed by atoms with Gasteiger partial charge >= 0.3 is 0 Å². The molecule has 1 rings (SSSR count). The van der Waals surface area contributed by atoms with Gasteiger partial charge in [0.15, 0.2) is 6.29 Å². The zero-order valence-corrected chi connectivity index (χ0v) is 9.06. The van der Waals surface area contributed by atoms with Crippen LogP contribution >= 0.6 is 0 Å². The molecule has 0 unspecified atom stereocenters. The highest BCUT2D eigenvalue weighted by Gasteiger charge is 2.05. The molecule has 0 aliphatic rings. The Morgan fingerprint density at radius 3 is 2.67 bits per heavy atom. The first-order valence-corrected chi connectivity index (χ1v) is 4.46. The molecule has 0 spiro atoms. The van der Waals surface area contributed by atoms with Crippen molar-refractivity contribution in [3.8, 4) is 5.88 Å². The van der Waals surface area contributed by atoms with Crippen LogP contribution in [0.25, 0.3) is 0 Å². The lowest BCUT2D eigenvalue weighted by Gasteiger charge is -2.13. The van der Waals surface area contributed by atoms with Crippen molar-refractivity contribution in [1.29, 1.82) is 0 Å². The summed E-state index contributed by atoms with van der Waals surface area (Å²) in [6.45, 7) is 0.472. The zero-order chi connectivity index (χ0) is 11.1. The normalized spacial score (nSPS) is 10.4. The van der Waals surface area contributed by atoms with Crippen LogP contribution < -0.4 is 10.1 Å². The lowest BCUT2D eigenvalue weighted by atomic mass is 10.6. The Morgan fingerprint density at radius 2 is 2.07 bits per heavy atom. The molecule has 1 aromatic rings. The van der Waals surface area contributed by atoms with Gasteiger partial charge in [0.25, 0.3) is 0 Å². The number of rotatable bonds is 6. The van der Waals surface area contributed by atoms with Gasteiger partial charge in [0.1, 0.15) is 0 Å². The highest BCUT2D eigenvalue weighted by Crippen LogP contribution is 2.07. The van der Waals surface area contributed by atoms with Gasteiger partial charge in [0, 0.05) is 26.5 Å². The summed E-state index contributed by atoms with van der Waals surface area (Å²) in [7, 11) is 4.70. The second-order valence-corrected chi connectivity index (χ2v) is 2.70. The molecule has 0 fully saturated rings. The third-order valence-corrected chi connectivity index (χ3v) is 1.79. The summed E-state index contributed by atoms with van der Waals surface area (Å²) in [4.78, 5) is 8.09. The summed E-state index contributed by atoms with van der Waals surface area (Å²) in [5, 5.41) is 2.97. The SMILES string of the molecule is COc1ccnc(NCC(OC)OC)n1. The third kappa shape index (κ3) is 3.69. The number of nitrogens with zero attached hydrogens (tertiary/aromatic N) is 2. The van der Waals surface area contributed by atoms with Crippen LogP contribution in [0.15, 0.2) is 12.3 Å². The highest BCUT2D eigenvalue weighted by molar-refractivity contribution is 5.27. The fourth-order valence-electron chi connectivity index (χ4n) is 0.979. The molecular weight excluding hydrogens is 198 g/mol. The molecule has 0 amide bonds. The number of aromatic nitrogens is 2. The van der Waals surface area contributed by atoms with Crippen LogP contribution in [0, 0.1) is 0 Å². The maximum Gasteiger partial charge on any atom is 0.226 e. The van der Waals surface area contributed by atoms with Crippen LogP contribution in [0.2, 0.25) is 0 Å². The maximum atomic E-state index is 5.01. The Balaban J connectivity index is 2.49. The number of hydrogen-bond donors (Lipinski definition) is 1. The quantitative estimate of drug-likeness (QED) is 0.695. The Hall–Kier alpha value is -1.40. The molecule has 0 saturated carbocycles. The van der Waals surface area contributed by atoms with Crippen molar-refractivity contribution in [3.05, 3.63) is 12.3 Å². The largest absolute Gasteiger partial charge is 0.481 e. The zero-order valence-electron chi connectivity index (χ0n) is 9.06. The molecule has 6 heteroatoms. The second-order valence-electron chi connectivity index (χ2n) is 2.70. The molecule has 0 saturated heterocycles. The van der Waals surface area contributed by atoms with Crippen LogP contribution in [0.4, 0.5) is 5.95 Å². The van der Waals surface area contributed by atoms with Crippen molar-refractivity contribution >= 4 is 5.95 Å². The molecule has 0 radical (unpaired) electrons. The van der Waals surface area contributed by atoms with E-state index in [4.69, 9.17) is 14.2 Å². The summed E-state index contributed by atoms with van der Waals surface area (Å²) in [5.74, 6) is 0.993. The predicted molar refractivity (Wildman–Crippen MR) is 54.9 cm³/mol. The van der Waals surface area contributed by atoms with E-state index < -0.39 is 0 Å². The van der Waals surface area contributed by atoms with Crippen LogP contribution in [0.1, 0.15) is 0 Å². The minimum absolute atomic E-state index is 0.320. The minimum Gasteiger partial charge on any atom is -0.481 e. The summed E-state index contributed by atoms with van der Waals surface area (Å²) >= 11 is 0. The summed E-state index contributed by atoms with van der Waals surface area (Å²) in [5.41, 5.74) is 0. The third-order valence-electron chi connectivity index (χ3n) is 1.79. The average Bonchev–Trinajstić information content (AvgIpc) is 2.31. The van der Waals surface area contributed by atoms with E-state index >= 15 is 0 Å². The smallest absolute Gasteiger partial charge is 0.226 e. The average molecular weight is 213 g/mol. The summed E-state index contributed by atoms with van der Waals surface area (Å²) in [6.07, 6.45) is 1.29. The Morgan fingerprint density at radius 1 is 1.33 bits per heavy atom. The van der Waals surface area contributed by atoms with Gasteiger partial charge in [-0.1, -0.05) is 0 Å². The first kappa shape index (κ1) is 11.7. The fourth-order valence-corrected chi connectivity index (χ4v) is 0.979. The summed E-state index contributed by atoms with van der Waals surface area (Å²) in [6, 6.07) is 1.68. The summed E-state index contributed by atoms with van der Waals surface area (Å²) < 4.78 is 15.0. The molecule has 0 aliphatic carbocycles. The van der Waals surface area contributed by atoms with E-state index in [0.29, 0.717) is 18.4 Å². The first-order chi connectivity index (χ1) is 7.30. The van der Waals surface area contributed by atoms with Gasteiger partial charge in [0.2, 0.25) is 11.8 Å². The fraction of sp³-hybridized carbons (Fsp3) is 0.556. The molecule has 84 valence electrons. The lowest BCUT2D eigenvalue weighted by Crippen LogP contribution is -2.24. The molecule has 0 bridgehead atoms. The van der Waals surface area contributed by atoms with Gasteiger partial charge in [0.05, 0.1) is 13.7 Å². The number of methoxy groups -OCH3 is 3. The maximum absolute atomic E-state index is 5.01.